The van der Waals surface area contributed by atoms with Crippen LogP contribution in [0.4, 0.5) is 20.2 Å². The second kappa shape index (κ2) is 12.3. The molecule has 3 aromatic rings. The third kappa shape index (κ3) is 7.27. The molecule has 0 atom stereocenters. The molecule has 1 aliphatic rings. The molecule has 0 amide bonds. The zero-order valence-corrected chi connectivity index (χ0v) is 21.6. The molecule has 0 unspecified atom stereocenters. The SMILES string of the molecule is N=C(N)c1ccc(O)c(Oc2nc(Oc3cccc(N=C(N)N)c3)c(F)c(NC3CCN(CC(=O)O)CC3)c2F)c1. The molecule has 0 radical (unpaired) electrons. The Morgan fingerprint density at radius 1 is 1.10 bits per heavy atom. The van der Waals surface area contributed by atoms with Gasteiger partial charge in [-0.3, -0.25) is 15.1 Å². The van der Waals surface area contributed by atoms with Gasteiger partial charge in [-0.25, -0.2) is 4.99 Å². The van der Waals surface area contributed by atoms with Gasteiger partial charge in [0.1, 0.15) is 17.3 Å². The van der Waals surface area contributed by atoms with Gasteiger partial charge in [0.2, 0.25) is 11.6 Å². The third-order valence-electron chi connectivity index (χ3n) is 6.08. The number of anilines is 1. The minimum Gasteiger partial charge on any atom is -0.504 e. The normalized spacial score (nSPS) is 13.8. The predicted molar refractivity (Wildman–Crippen MR) is 146 cm³/mol. The summed E-state index contributed by atoms with van der Waals surface area (Å²) in [4.78, 5) is 20.5. The third-order valence-corrected chi connectivity index (χ3v) is 6.08. The number of aromatic nitrogens is 1. The van der Waals surface area contributed by atoms with Gasteiger partial charge >= 0.3 is 5.97 Å². The Labute approximate surface area is 232 Å². The summed E-state index contributed by atoms with van der Waals surface area (Å²) < 4.78 is 42.6. The second-order valence-electron chi connectivity index (χ2n) is 9.15. The number of carboxylic acids is 1. The number of aliphatic imine (C=N–C) groups is 1. The lowest BCUT2D eigenvalue weighted by Crippen LogP contribution is -2.41. The van der Waals surface area contributed by atoms with E-state index in [2.05, 4.69) is 15.3 Å². The average molecular weight is 571 g/mol. The van der Waals surface area contributed by atoms with E-state index in [1.54, 1.807) is 17.0 Å². The van der Waals surface area contributed by atoms with Crippen molar-refractivity contribution in [1.82, 2.24) is 9.88 Å². The fourth-order valence-electron chi connectivity index (χ4n) is 4.14. The Kier molecular flexibility index (Phi) is 8.67. The molecule has 1 fully saturated rings. The van der Waals surface area contributed by atoms with Crippen molar-refractivity contribution in [3.8, 4) is 29.0 Å². The molecule has 0 aliphatic carbocycles. The van der Waals surface area contributed by atoms with Crippen LogP contribution in [0, 0.1) is 17.0 Å². The molecule has 2 aromatic carbocycles. The molecule has 0 saturated carbocycles. The van der Waals surface area contributed by atoms with Crippen LogP contribution in [0.2, 0.25) is 0 Å². The highest BCUT2D eigenvalue weighted by Gasteiger charge is 2.28. The maximum Gasteiger partial charge on any atom is 0.317 e. The number of piperidine rings is 1. The van der Waals surface area contributed by atoms with Crippen molar-refractivity contribution in [2.45, 2.75) is 18.9 Å². The zero-order valence-electron chi connectivity index (χ0n) is 21.6. The Balaban J connectivity index is 1.70. The monoisotopic (exact) mass is 570 g/mol. The molecule has 0 spiro atoms. The molecule has 10 N–H and O–H groups in total. The Bertz CT molecular complexity index is 1490. The average Bonchev–Trinajstić information content (AvgIpc) is 2.91. The highest BCUT2D eigenvalue weighted by atomic mass is 19.1. The van der Waals surface area contributed by atoms with Crippen molar-refractivity contribution in [3.05, 3.63) is 59.7 Å². The summed E-state index contributed by atoms with van der Waals surface area (Å²) in [6.07, 6.45) is 0.811. The summed E-state index contributed by atoms with van der Waals surface area (Å²) in [6, 6.07) is 9.35. The zero-order chi connectivity index (χ0) is 29.7. The lowest BCUT2D eigenvalue weighted by atomic mass is 10.0. The van der Waals surface area contributed by atoms with Crippen LogP contribution in [0.5, 0.6) is 29.0 Å². The molecular formula is C26H28F2N8O5. The highest BCUT2D eigenvalue weighted by molar-refractivity contribution is 5.95. The van der Waals surface area contributed by atoms with Crippen molar-refractivity contribution in [2.24, 2.45) is 22.2 Å². The number of pyridine rings is 1. The van der Waals surface area contributed by atoms with Crippen LogP contribution in [0.1, 0.15) is 18.4 Å². The number of aliphatic carboxylic acids is 1. The molecule has 41 heavy (non-hydrogen) atoms. The molecule has 216 valence electrons. The molecule has 0 bridgehead atoms. The lowest BCUT2D eigenvalue weighted by Gasteiger charge is -2.32. The summed E-state index contributed by atoms with van der Waals surface area (Å²) >= 11 is 0. The molecule has 13 nitrogen and oxygen atoms in total. The minimum absolute atomic E-state index is 0.0748. The summed E-state index contributed by atoms with van der Waals surface area (Å²) in [7, 11) is 0. The van der Waals surface area contributed by atoms with Gasteiger partial charge in [0.25, 0.3) is 11.8 Å². The van der Waals surface area contributed by atoms with E-state index < -0.39 is 46.8 Å². The van der Waals surface area contributed by atoms with Crippen LogP contribution >= 0.6 is 0 Å². The van der Waals surface area contributed by atoms with Crippen LogP contribution in [-0.4, -0.2) is 63.5 Å². The smallest absolute Gasteiger partial charge is 0.317 e. The molecule has 1 aromatic heterocycles. The number of nitrogens with one attached hydrogen (secondary N) is 2. The number of carbonyl (C=O) groups is 1. The number of benzene rings is 2. The standard InChI is InChI=1S/C26H28F2N8O5/c27-20-22(33-14-6-8-36(9-7-14)12-19(38)39)21(28)25(41-18-10-13(23(29)30)4-5-17(18)37)35-24(20)40-16-3-1-2-15(11-16)34-26(31)32/h1-5,10-11,14,37H,6-9,12H2,(H3,29,30)(H,33,35)(H,38,39)(H4,31,32,34). The first kappa shape index (κ1) is 28.8. The largest absolute Gasteiger partial charge is 0.504 e. The van der Waals surface area contributed by atoms with Gasteiger partial charge in [0, 0.05) is 30.8 Å². The van der Waals surface area contributed by atoms with E-state index in [0.29, 0.717) is 31.6 Å². The Morgan fingerprint density at radius 2 is 1.78 bits per heavy atom. The maximum absolute atomic E-state index is 15.7. The molecule has 1 saturated heterocycles. The van der Waals surface area contributed by atoms with Crippen LogP contribution in [0.25, 0.3) is 0 Å². The van der Waals surface area contributed by atoms with E-state index in [9.17, 15) is 9.90 Å². The Morgan fingerprint density at radius 3 is 2.41 bits per heavy atom. The molecule has 4 rings (SSSR count). The highest BCUT2D eigenvalue weighted by Crippen LogP contribution is 2.39. The van der Waals surface area contributed by atoms with Crippen LogP contribution in [0.3, 0.4) is 0 Å². The van der Waals surface area contributed by atoms with Crippen molar-refractivity contribution in [1.29, 1.82) is 5.41 Å². The minimum atomic E-state index is -1.20. The first-order valence-electron chi connectivity index (χ1n) is 12.3. The summed E-state index contributed by atoms with van der Waals surface area (Å²) in [6.45, 7) is 0.658. The number of aromatic hydroxyl groups is 1. The number of nitrogens with two attached hydrogens (primary N) is 3. The van der Waals surface area contributed by atoms with Gasteiger partial charge in [-0.05, 0) is 43.2 Å². The van der Waals surface area contributed by atoms with Crippen molar-refractivity contribution in [2.75, 3.05) is 25.0 Å². The van der Waals surface area contributed by atoms with E-state index in [1.807, 2.05) is 0 Å². The number of guanidine groups is 1. The quantitative estimate of drug-likeness (QED) is 0.139. The molecule has 1 aliphatic heterocycles. The number of ether oxygens (including phenoxy) is 2. The summed E-state index contributed by atoms with van der Waals surface area (Å²) in [5.41, 5.74) is 16.2. The number of amidine groups is 1. The topological polar surface area (TPSA) is 218 Å². The first-order valence-corrected chi connectivity index (χ1v) is 12.3. The number of rotatable bonds is 10. The number of phenolic OH excluding ortho intramolecular Hbond substituents is 1. The van der Waals surface area contributed by atoms with Crippen molar-refractivity contribution < 1.29 is 33.3 Å². The van der Waals surface area contributed by atoms with E-state index in [4.69, 9.17) is 37.2 Å². The van der Waals surface area contributed by atoms with Gasteiger partial charge in [-0.15, -0.1) is 0 Å². The number of likely N-dealkylation sites (tertiary alicyclic amines) is 1. The molecule has 2 heterocycles. The summed E-state index contributed by atoms with van der Waals surface area (Å²) in [5.74, 6) is -5.88. The number of halogens is 2. The first-order chi connectivity index (χ1) is 19.5. The number of phenols is 1. The number of nitrogen functional groups attached to an aromatic ring is 1. The lowest BCUT2D eigenvalue weighted by molar-refractivity contribution is -0.138. The predicted octanol–water partition coefficient (Wildman–Crippen LogP) is 2.80. The van der Waals surface area contributed by atoms with Crippen molar-refractivity contribution in [3.63, 3.8) is 0 Å². The van der Waals surface area contributed by atoms with Gasteiger partial charge < -0.3 is 42.2 Å². The number of nitrogens with zero attached hydrogens (tertiary/aromatic N) is 3. The van der Waals surface area contributed by atoms with E-state index in [0.717, 1.165) is 0 Å². The van der Waals surface area contributed by atoms with Gasteiger partial charge in [0.15, 0.2) is 17.5 Å². The van der Waals surface area contributed by atoms with Crippen LogP contribution in [-0.2, 0) is 4.79 Å². The molecule has 15 heteroatoms. The van der Waals surface area contributed by atoms with Crippen LogP contribution in [0.15, 0.2) is 47.5 Å². The van der Waals surface area contributed by atoms with Gasteiger partial charge in [-0.1, -0.05) is 6.07 Å². The maximum atomic E-state index is 15.7. The van der Waals surface area contributed by atoms with Gasteiger partial charge in [-0.2, -0.15) is 13.8 Å². The fourth-order valence-corrected chi connectivity index (χ4v) is 4.14. The van der Waals surface area contributed by atoms with E-state index in [-0.39, 0.29) is 35.4 Å². The molecular weight excluding hydrogens is 542 g/mol. The number of hydrogen-bond donors (Lipinski definition) is 7. The second-order valence-corrected chi connectivity index (χ2v) is 9.15. The summed E-state index contributed by atoms with van der Waals surface area (Å²) in [5, 5.41) is 29.7. The fraction of sp³-hybridized carbons (Fsp3) is 0.231. The Hall–Kier alpha value is -5.18. The number of carboxylic acid groups (broad SMARTS) is 1. The van der Waals surface area contributed by atoms with Crippen LogP contribution < -0.4 is 32.0 Å². The van der Waals surface area contributed by atoms with E-state index in [1.165, 1.54) is 30.3 Å². The number of hydrogen-bond acceptors (Lipinski definition) is 9. The van der Waals surface area contributed by atoms with Crippen molar-refractivity contribution >= 4 is 29.1 Å². The van der Waals surface area contributed by atoms with Gasteiger partial charge in [0.05, 0.1) is 12.2 Å². The van der Waals surface area contributed by atoms with E-state index >= 15 is 8.78 Å².